The van der Waals surface area contributed by atoms with Gasteiger partial charge in [-0.25, -0.2) is 9.36 Å². The van der Waals surface area contributed by atoms with Gasteiger partial charge in [0.2, 0.25) is 13.1 Å². The van der Waals surface area contributed by atoms with E-state index < -0.39 is 6.16 Å². The number of carbonyl (C=O) groups excluding carboxylic acids is 1. The van der Waals surface area contributed by atoms with Gasteiger partial charge in [-0.1, -0.05) is 56.5 Å². The molecule has 0 aliphatic heterocycles. The molecule has 2 unspecified atom stereocenters. The van der Waals surface area contributed by atoms with Crippen LogP contribution in [0.3, 0.4) is 0 Å². The summed E-state index contributed by atoms with van der Waals surface area (Å²) in [6.45, 7) is 3.92. The Bertz CT molecular complexity index is 808. The van der Waals surface area contributed by atoms with Gasteiger partial charge in [0, 0.05) is 21.4 Å². The Balaban J connectivity index is 2.22. The SMILES string of the molecule is CCCCC(C#N)C(c1ccccc1Cl)n1c[n+](COC(=O)OSCC)cn1. The summed E-state index contributed by atoms with van der Waals surface area (Å²) in [5.41, 5.74) is 0.835. The maximum absolute atomic E-state index is 11.5. The Morgan fingerprint density at radius 1 is 1.43 bits per heavy atom. The van der Waals surface area contributed by atoms with E-state index in [2.05, 4.69) is 18.1 Å². The number of nitriles is 1. The lowest BCUT2D eigenvalue weighted by atomic mass is 9.90. The summed E-state index contributed by atoms with van der Waals surface area (Å²) < 4.78 is 13.1. The lowest BCUT2D eigenvalue weighted by molar-refractivity contribution is -0.728. The quantitative estimate of drug-likeness (QED) is 0.317. The lowest BCUT2D eigenvalue weighted by Gasteiger charge is -2.19. The third-order valence-electron chi connectivity index (χ3n) is 4.10. The molecule has 0 bridgehead atoms. The summed E-state index contributed by atoms with van der Waals surface area (Å²) in [5, 5.41) is 14.7. The summed E-state index contributed by atoms with van der Waals surface area (Å²) >= 11 is 7.44. The van der Waals surface area contributed by atoms with Gasteiger partial charge in [0.1, 0.15) is 0 Å². The molecule has 0 fully saturated rings. The zero-order valence-corrected chi connectivity index (χ0v) is 17.5. The van der Waals surface area contributed by atoms with Crippen LogP contribution in [0.1, 0.15) is 44.7 Å². The van der Waals surface area contributed by atoms with E-state index in [9.17, 15) is 10.1 Å². The molecule has 2 rings (SSSR count). The van der Waals surface area contributed by atoms with Gasteiger partial charge in [-0.15, -0.1) is 4.68 Å². The number of unbranched alkanes of at least 4 members (excludes halogenated alkanes) is 1. The van der Waals surface area contributed by atoms with Crippen molar-refractivity contribution in [1.29, 1.82) is 5.26 Å². The second kappa shape index (κ2) is 11.6. The van der Waals surface area contributed by atoms with E-state index >= 15 is 0 Å². The molecule has 1 aromatic heterocycles. The van der Waals surface area contributed by atoms with E-state index in [0.29, 0.717) is 10.8 Å². The molecule has 1 heterocycles. The second-order valence-corrected chi connectivity index (χ2v) is 7.49. The first-order chi connectivity index (χ1) is 13.6. The molecule has 7 nitrogen and oxygen atoms in total. The van der Waals surface area contributed by atoms with Crippen molar-refractivity contribution in [2.24, 2.45) is 5.92 Å². The van der Waals surface area contributed by atoms with Crippen LogP contribution in [0, 0.1) is 17.2 Å². The van der Waals surface area contributed by atoms with Crippen LogP contribution < -0.4 is 4.57 Å². The molecular weight excluding hydrogens is 400 g/mol. The van der Waals surface area contributed by atoms with Crippen molar-refractivity contribution in [3.63, 3.8) is 0 Å². The number of hydrogen-bond acceptors (Lipinski definition) is 6. The normalized spacial score (nSPS) is 12.8. The monoisotopic (exact) mass is 423 g/mol. The van der Waals surface area contributed by atoms with Crippen LogP contribution in [0.4, 0.5) is 4.79 Å². The molecule has 9 heteroatoms. The molecule has 1 aromatic carbocycles. The predicted molar refractivity (Wildman–Crippen MR) is 106 cm³/mol. The van der Waals surface area contributed by atoms with Crippen molar-refractivity contribution in [2.75, 3.05) is 5.75 Å². The van der Waals surface area contributed by atoms with Crippen LogP contribution in [0.15, 0.2) is 36.9 Å². The van der Waals surface area contributed by atoms with Crippen molar-refractivity contribution in [3.05, 3.63) is 47.5 Å². The first-order valence-corrected chi connectivity index (χ1v) is 10.4. The minimum Gasteiger partial charge on any atom is -0.399 e. The molecule has 0 amide bonds. The highest BCUT2D eigenvalue weighted by atomic mass is 35.5. The second-order valence-electron chi connectivity index (χ2n) is 6.10. The first kappa shape index (κ1) is 22.1. The third-order valence-corrected chi connectivity index (χ3v) is 4.93. The number of halogens is 1. The molecule has 2 aromatic rings. The first-order valence-electron chi connectivity index (χ1n) is 9.14. The molecule has 0 radical (unpaired) electrons. The number of rotatable bonds is 10. The Morgan fingerprint density at radius 3 is 2.89 bits per heavy atom. The maximum Gasteiger partial charge on any atom is 0.523 e. The average Bonchev–Trinajstić information content (AvgIpc) is 3.17. The molecule has 150 valence electrons. The van der Waals surface area contributed by atoms with Crippen LogP contribution in [0.25, 0.3) is 0 Å². The van der Waals surface area contributed by atoms with Crippen molar-refractivity contribution >= 4 is 29.8 Å². The molecule has 0 N–H and O–H groups in total. The van der Waals surface area contributed by atoms with Gasteiger partial charge in [-0.3, -0.25) is 0 Å². The van der Waals surface area contributed by atoms with Gasteiger partial charge in [-0.2, -0.15) is 5.26 Å². The van der Waals surface area contributed by atoms with Gasteiger partial charge in [0.15, 0.2) is 6.04 Å². The Labute approximate surface area is 174 Å². The fourth-order valence-electron chi connectivity index (χ4n) is 2.78. The van der Waals surface area contributed by atoms with Gasteiger partial charge in [0.25, 0.3) is 6.33 Å². The number of nitrogens with zero attached hydrogens (tertiary/aromatic N) is 4. The smallest absolute Gasteiger partial charge is 0.399 e. The van der Waals surface area contributed by atoms with Gasteiger partial charge in [-0.05, 0) is 12.5 Å². The summed E-state index contributed by atoms with van der Waals surface area (Å²) in [6.07, 6.45) is 5.15. The molecule has 0 aliphatic rings. The van der Waals surface area contributed by atoms with E-state index in [0.717, 1.165) is 36.9 Å². The van der Waals surface area contributed by atoms with E-state index in [1.807, 2.05) is 25.1 Å². The number of hydrogen-bond donors (Lipinski definition) is 0. The molecule has 2 atom stereocenters. The predicted octanol–water partition coefficient (Wildman–Crippen LogP) is 4.52. The molecular formula is C19H24ClN4O3S+. The number of benzene rings is 1. The molecule has 0 spiro atoms. The van der Waals surface area contributed by atoms with Gasteiger partial charge in [0.05, 0.1) is 24.0 Å². The molecule has 0 aliphatic carbocycles. The van der Waals surface area contributed by atoms with Crippen LogP contribution in [0.2, 0.25) is 5.02 Å². The zero-order chi connectivity index (χ0) is 20.4. The maximum atomic E-state index is 11.5. The highest BCUT2D eigenvalue weighted by Gasteiger charge is 2.32. The molecule has 0 saturated carbocycles. The fraction of sp³-hybridized carbons (Fsp3) is 0.474. The summed E-state index contributed by atoms with van der Waals surface area (Å²) in [7, 11) is 0. The molecule has 0 saturated heterocycles. The number of ether oxygens (including phenoxy) is 1. The van der Waals surface area contributed by atoms with Crippen LogP contribution in [-0.2, 0) is 15.7 Å². The zero-order valence-electron chi connectivity index (χ0n) is 16.0. The van der Waals surface area contributed by atoms with E-state index in [1.54, 1.807) is 28.0 Å². The standard InChI is InChI=1S/C19H24ClN4O3S/c1-3-5-8-15(11-21)18(16-9-6-7-10-17(16)20)24-13-23(12-22-24)14-26-19(25)27-28-4-2/h6-7,9-10,12-13,15,18H,3-5,8,14H2,1-2H3/q+1. The number of carbonyl (C=O) groups is 1. The topological polar surface area (TPSA) is 81.0 Å². The highest BCUT2D eigenvalue weighted by molar-refractivity contribution is 7.95. The van der Waals surface area contributed by atoms with Crippen LogP contribution in [-0.4, -0.2) is 21.7 Å². The van der Waals surface area contributed by atoms with Crippen LogP contribution >= 0.6 is 23.6 Å². The van der Waals surface area contributed by atoms with E-state index in [1.165, 1.54) is 0 Å². The lowest BCUT2D eigenvalue weighted by Crippen LogP contribution is -2.34. The Hall–Kier alpha value is -2.24. The number of aromatic nitrogens is 3. The average molecular weight is 424 g/mol. The summed E-state index contributed by atoms with van der Waals surface area (Å²) in [5.74, 6) is 0.354. The largest absolute Gasteiger partial charge is 0.523 e. The van der Waals surface area contributed by atoms with Crippen molar-refractivity contribution in [2.45, 2.75) is 45.9 Å². The minimum atomic E-state index is -0.757. The Morgan fingerprint density at radius 2 is 2.21 bits per heavy atom. The van der Waals surface area contributed by atoms with Gasteiger partial charge < -0.3 is 8.92 Å². The van der Waals surface area contributed by atoms with E-state index in [-0.39, 0.29) is 18.7 Å². The summed E-state index contributed by atoms with van der Waals surface area (Å²) in [4.78, 5) is 11.5. The Kier molecular flexibility index (Phi) is 9.11. The summed E-state index contributed by atoms with van der Waals surface area (Å²) in [6, 6.07) is 9.53. The highest BCUT2D eigenvalue weighted by Crippen LogP contribution is 2.33. The fourth-order valence-corrected chi connectivity index (χ4v) is 3.29. The van der Waals surface area contributed by atoms with Gasteiger partial charge >= 0.3 is 6.16 Å². The third kappa shape index (κ3) is 6.14. The minimum absolute atomic E-state index is 0.0372. The van der Waals surface area contributed by atoms with Crippen molar-refractivity contribution in [3.8, 4) is 6.07 Å². The van der Waals surface area contributed by atoms with Crippen molar-refractivity contribution < 1.29 is 18.3 Å². The van der Waals surface area contributed by atoms with E-state index in [4.69, 9.17) is 20.5 Å². The van der Waals surface area contributed by atoms with Crippen LogP contribution in [0.5, 0.6) is 0 Å². The molecule has 28 heavy (non-hydrogen) atoms. The van der Waals surface area contributed by atoms with Crippen molar-refractivity contribution in [1.82, 2.24) is 9.78 Å².